The lowest BCUT2D eigenvalue weighted by atomic mass is 10.1. The van der Waals surface area contributed by atoms with Crippen molar-refractivity contribution in [1.82, 2.24) is 4.90 Å². The Hall–Kier alpha value is -1.34. The van der Waals surface area contributed by atoms with Crippen LogP contribution >= 0.6 is 0 Å². The van der Waals surface area contributed by atoms with Crippen LogP contribution in [0.2, 0.25) is 0 Å². The van der Waals surface area contributed by atoms with Gasteiger partial charge in [-0.3, -0.25) is 4.90 Å². The fourth-order valence-corrected chi connectivity index (χ4v) is 1.85. The quantitative estimate of drug-likeness (QED) is 0.766. The van der Waals surface area contributed by atoms with Crippen LogP contribution in [-0.4, -0.2) is 42.9 Å². The van der Waals surface area contributed by atoms with Gasteiger partial charge in [-0.15, -0.1) is 0 Å². The Morgan fingerprint density at radius 3 is 2.53 bits per heavy atom. The zero-order chi connectivity index (χ0) is 11.9. The molecule has 0 atom stereocenters. The molecule has 0 saturated carbocycles. The van der Waals surface area contributed by atoms with Gasteiger partial charge >= 0.3 is 0 Å². The molecule has 1 heterocycles. The zero-order valence-corrected chi connectivity index (χ0v) is 9.85. The van der Waals surface area contributed by atoms with Crippen LogP contribution in [-0.2, 0) is 11.3 Å². The summed E-state index contributed by atoms with van der Waals surface area (Å²) in [5.74, 6) is 5.54. The van der Waals surface area contributed by atoms with Crippen molar-refractivity contribution in [2.24, 2.45) is 0 Å². The topological polar surface area (TPSA) is 32.7 Å². The molecule has 0 radical (unpaired) electrons. The highest BCUT2D eigenvalue weighted by Crippen LogP contribution is 2.08. The fraction of sp³-hybridized carbons (Fsp3) is 0.429. The fourth-order valence-electron chi connectivity index (χ4n) is 1.85. The predicted molar refractivity (Wildman–Crippen MR) is 66.5 cm³/mol. The van der Waals surface area contributed by atoms with E-state index >= 15 is 0 Å². The number of hydrogen-bond acceptors (Lipinski definition) is 3. The molecule has 1 aliphatic rings. The van der Waals surface area contributed by atoms with Crippen molar-refractivity contribution < 1.29 is 9.84 Å². The molecule has 1 aromatic rings. The van der Waals surface area contributed by atoms with E-state index in [1.807, 2.05) is 12.1 Å². The summed E-state index contributed by atoms with van der Waals surface area (Å²) < 4.78 is 5.32. The summed E-state index contributed by atoms with van der Waals surface area (Å²) in [6, 6.07) is 8.19. The van der Waals surface area contributed by atoms with Crippen LogP contribution < -0.4 is 0 Å². The standard InChI is InChI=1S/C14H17NO2/c16-9-1-2-13-3-5-14(6-4-13)12-15-7-10-17-11-8-15/h3-6,16H,7-12H2. The summed E-state index contributed by atoms with van der Waals surface area (Å²) in [5.41, 5.74) is 2.24. The highest BCUT2D eigenvalue weighted by Gasteiger charge is 2.10. The van der Waals surface area contributed by atoms with Gasteiger partial charge in [-0.2, -0.15) is 0 Å². The lowest BCUT2D eigenvalue weighted by molar-refractivity contribution is 0.0342. The van der Waals surface area contributed by atoms with Crippen LogP contribution in [0.4, 0.5) is 0 Å². The summed E-state index contributed by atoms with van der Waals surface area (Å²) in [6.45, 7) is 4.56. The number of ether oxygens (including phenoxy) is 1. The Balaban J connectivity index is 1.93. The number of aliphatic hydroxyl groups is 1. The van der Waals surface area contributed by atoms with E-state index in [0.717, 1.165) is 38.4 Å². The number of hydrogen-bond donors (Lipinski definition) is 1. The van der Waals surface area contributed by atoms with E-state index in [1.54, 1.807) is 0 Å². The van der Waals surface area contributed by atoms with E-state index in [0.29, 0.717) is 0 Å². The number of nitrogens with zero attached hydrogens (tertiary/aromatic N) is 1. The minimum Gasteiger partial charge on any atom is -0.384 e. The smallest absolute Gasteiger partial charge is 0.104 e. The van der Waals surface area contributed by atoms with Crippen LogP contribution in [0.25, 0.3) is 0 Å². The Labute approximate surface area is 102 Å². The largest absolute Gasteiger partial charge is 0.384 e. The summed E-state index contributed by atoms with van der Waals surface area (Å²) in [6.07, 6.45) is 0. The van der Waals surface area contributed by atoms with Crippen molar-refractivity contribution in [1.29, 1.82) is 0 Å². The third-order valence-electron chi connectivity index (χ3n) is 2.78. The van der Waals surface area contributed by atoms with Crippen molar-refractivity contribution >= 4 is 0 Å². The van der Waals surface area contributed by atoms with Crippen LogP contribution in [0.1, 0.15) is 11.1 Å². The van der Waals surface area contributed by atoms with Gasteiger partial charge in [-0.25, -0.2) is 0 Å². The zero-order valence-electron chi connectivity index (χ0n) is 9.85. The molecule has 0 amide bonds. The second-order valence-electron chi connectivity index (χ2n) is 4.05. The molecular weight excluding hydrogens is 214 g/mol. The Morgan fingerprint density at radius 2 is 1.88 bits per heavy atom. The van der Waals surface area contributed by atoms with Crippen LogP contribution in [0.3, 0.4) is 0 Å². The SMILES string of the molecule is OCC#Cc1ccc(CN2CCOCC2)cc1. The molecule has 90 valence electrons. The normalized spacial score (nSPS) is 16.3. The van der Waals surface area contributed by atoms with E-state index in [9.17, 15) is 0 Å². The molecule has 0 unspecified atom stereocenters. The van der Waals surface area contributed by atoms with Gasteiger partial charge in [0.1, 0.15) is 6.61 Å². The molecular formula is C14H17NO2. The van der Waals surface area contributed by atoms with E-state index in [2.05, 4.69) is 28.9 Å². The molecule has 3 heteroatoms. The maximum Gasteiger partial charge on any atom is 0.104 e. The third-order valence-corrected chi connectivity index (χ3v) is 2.78. The van der Waals surface area contributed by atoms with Crippen LogP contribution in [0.15, 0.2) is 24.3 Å². The molecule has 1 saturated heterocycles. The van der Waals surface area contributed by atoms with E-state index in [-0.39, 0.29) is 6.61 Å². The van der Waals surface area contributed by atoms with E-state index < -0.39 is 0 Å². The average molecular weight is 231 g/mol. The average Bonchev–Trinajstić information content (AvgIpc) is 2.39. The van der Waals surface area contributed by atoms with Gasteiger partial charge in [-0.05, 0) is 17.7 Å². The molecule has 1 fully saturated rings. The first kappa shape index (κ1) is 12.1. The number of aliphatic hydroxyl groups excluding tert-OH is 1. The molecule has 17 heavy (non-hydrogen) atoms. The monoisotopic (exact) mass is 231 g/mol. The first-order valence-electron chi connectivity index (χ1n) is 5.87. The Bertz CT molecular complexity index is 396. The molecule has 0 bridgehead atoms. The van der Waals surface area contributed by atoms with Crippen molar-refractivity contribution in [3.05, 3.63) is 35.4 Å². The first-order valence-corrected chi connectivity index (χ1v) is 5.87. The number of benzene rings is 1. The maximum absolute atomic E-state index is 8.61. The molecule has 0 aliphatic carbocycles. The minimum atomic E-state index is -0.0878. The molecule has 1 aliphatic heterocycles. The molecule has 3 nitrogen and oxygen atoms in total. The lowest BCUT2D eigenvalue weighted by Crippen LogP contribution is -2.35. The second kappa shape index (κ2) is 6.41. The van der Waals surface area contributed by atoms with Crippen molar-refractivity contribution in [3.8, 4) is 11.8 Å². The van der Waals surface area contributed by atoms with Crippen LogP contribution in [0.5, 0.6) is 0 Å². The number of rotatable bonds is 2. The first-order chi connectivity index (χ1) is 8.38. The maximum atomic E-state index is 8.61. The lowest BCUT2D eigenvalue weighted by Gasteiger charge is -2.26. The minimum absolute atomic E-state index is 0.0878. The van der Waals surface area contributed by atoms with Gasteiger partial charge in [-0.1, -0.05) is 24.0 Å². The predicted octanol–water partition coefficient (Wildman–Crippen LogP) is 0.863. The Morgan fingerprint density at radius 1 is 1.18 bits per heavy atom. The molecule has 1 N–H and O–H groups in total. The summed E-state index contributed by atoms with van der Waals surface area (Å²) >= 11 is 0. The molecule has 0 aromatic heterocycles. The molecule has 2 rings (SSSR count). The highest BCUT2D eigenvalue weighted by molar-refractivity contribution is 5.36. The van der Waals surface area contributed by atoms with Crippen molar-refractivity contribution in [2.75, 3.05) is 32.9 Å². The molecule has 1 aromatic carbocycles. The number of morpholine rings is 1. The van der Waals surface area contributed by atoms with Crippen molar-refractivity contribution in [3.63, 3.8) is 0 Å². The molecule has 0 spiro atoms. The van der Waals surface area contributed by atoms with E-state index in [4.69, 9.17) is 9.84 Å². The highest BCUT2D eigenvalue weighted by atomic mass is 16.5. The summed E-state index contributed by atoms with van der Waals surface area (Å²) in [4.78, 5) is 2.39. The van der Waals surface area contributed by atoms with Gasteiger partial charge in [0, 0.05) is 25.2 Å². The van der Waals surface area contributed by atoms with Gasteiger partial charge < -0.3 is 9.84 Å². The summed E-state index contributed by atoms with van der Waals surface area (Å²) in [7, 11) is 0. The second-order valence-corrected chi connectivity index (χ2v) is 4.05. The third kappa shape index (κ3) is 3.86. The Kier molecular flexibility index (Phi) is 4.57. The van der Waals surface area contributed by atoms with Crippen molar-refractivity contribution in [2.45, 2.75) is 6.54 Å². The van der Waals surface area contributed by atoms with Gasteiger partial charge in [0.15, 0.2) is 0 Å². The van der Waals surface area contributed by atoms with E-state index in [1.165, 1.54) is 5.56 Å². The van der Waals surface area contributed by atoms with Gasteiger partial charge in [0.25, 0.3) is 0 Å². The van der Waals surface area contributed by atoms with Gasteiger partial charge in [0.2, 0.25) is 0 Å². The van der Waals surface area contributed by atoms with Gasteiger partial charge in [0.05, 0.1) is 13.2 Å². The summed E-state index contributed by atoms with van der Waals surface area (Å²) in [5, 5.41) is 8.61. The van der Waals surface area contributed by atoms with Crippen LogP contribution in [0, 0.1) is 11.8 Å².